The van der Waals surface area contributed by atoms with Crippen LogP contribution >= 0.6 is 0 Å². The van der Waals surface area contributed by atoms with Gasteiger partial charge < -0.3 is 4.74 Å². The molecular weight excluding hydrogens is 344 g/mol. The fraction of sp³-hybridized carbons (Fsp3) is 0.200. The minimum Gasteiger partial charge on any atom is -0.496 e. The van der Waals surface area contributed by atoms with Crippen molar-refractivity contribution in [1.29, 1.82) is 0 Å². The number of hydrogen-bond donors (Lipinski definition) is 0. The Hall–Kier alpha value is -3.20. The van der Waals surface area contributed by atoms with Gasteiger partial charge in [0, 0.05) is 12.8 Å². The standard InChI is InChI=1S/C25H26N2O/c1-17-10-6-7-11-21(17)22-15-14-20(16-18(22)2)19(3)27-25(26-4)23-12-8-9-13-24(23)28-5/h6-16H,1-5H3. The molecule has 0 heterocycles. The van der Waals surface area contributed by atoms with Crippen LogP contribution in [0, 0.1) is 13.8 Å². The quantitative estimate of drug-likeness (QED) is 0.418. The lowest BCUT2D eigenvalue weighted by atomic mass is 9.94. The maximum absolute atomic E-state index is 5.46. The monoisotopic (exact) mass is 370 g/mol. The average molecular weight is 370 g/mol. The molecule has 3 nitrogen and oxygen atoms in total. The molecule has 0 unspecified atom stereocenters. The number of nitrogens with zero attached hydrogens (tertiary/aromatic N) is 2. The van der Waals surface area contributed by atoms with Crippen LogP contribution in [-0.2, 0) is 0 Å². The van der Waals surface area contributed by atoms with Gasteiger partial charge in [0.2, 0.25) is 0 Å². The molecule has 0 aliphatic carbocycles. The third kappa shape index (κ3) is 4.04. The second-order valence-electron chi connectivity index (χ2n) is 6.79. The van der Waals surface area contributed by atoms with E-state index in [0.29, 0.717) is 5.84 Å². The Morgan fingerprint density at radius 3 is 2.18 bits per heavy atom. The van der Waals surface area contributed by atoms with Crippen molar-refractivity contribution in [1.82, 2.24) is 0 Å². The lowest BCUT2D eigenvalue weighted by Gasteiger charge is -2.12. The van der Waals surface area contributed by atoms with Crippen molar-refractivity contribution in [2.75, 3.05) is 14.2 Å². The molecule has 0 aliphatic rings. The zero-order chi connectivity index (χ0) is 20.1. The van der Waals surface area contributed by atoms with Crippen molar-refractivity contribution < 1.29 is 4.74 Å². The number of amidine groups is 1. The number of ether oxygens (including phenoxy) is 1. The van der Waals surface area contributed by atoms with Gasteiger partial charge in [-0.2, -0.15) is 0 Å². The van der Waals surface area contributed by atoms with Gasteiger partial charge in [-0.1, -0.05) is 48.5 Å². The smallest absolute Gasteiger partial charge is 0.158 e. The summed E-state index contributed by atoms with van der Waals surface area (Å²) < 4.78 is 5.46. The van der Waals surface area contributed by atoms with Crippen LogP contribution in [0.5, 0.6) is 5.75 Å². The topological polar surface area (TPSA) is 34.0 Å². The number of hydrogen-bond acceptors (Lipinski definition) is 2. The van der Waals surface area contributed by atoms with Gasteiger partial charge in [0.15, 0.2) is 5.84 Å². The van der Waals surface area contributed by atoms with Crippen LogP contribution in [0.15, 0.2) is 76.7 Å². The van der Waals surface area contributed by atoms with Gasteiger partial charge in [-0.25, -0.2) is 4.99 Å². The largest absolute Gasteiger partial charge is 0.496 e. The summed E-state index contributed by atoms with van der Waals surface area (Å²) in [5.74, 6) is 1.43. The number of methoxy groups -OCH3 is 1. The molecule has 3 heteroatoms. The van der Waals surface area contributed by atoms with Gasteiger partial charge in [0.05, 0.1) is 12.7 Å². The first-order valence-electron chi connectivity index (χ1n) is 9.37. The van der Waals surface area contributed by atoms with Crippen LogP contribution in [0.3, 0.4) is 0 Å². The maximum Gasteiger partial charge on any atom is 0.158 e. The Morgan fingerprint density at radius 2 is 1.50 bits per heavy atom. The van der Waals surface area contributed by atoms with E-state index in [1.165, 1.54) is 22.3 Å². The molecule has 3 rings (SSSR count). The van der Waals surface area contributed by atoms with Gasteiger partial charge in [-0.15, -0.1) is 0 Å². The van der Waals surface area contributed by atoms with E-state index in [1.807, 2.05) is 31.2 Å². The summed E-state index contributed by atoms with van der Waals surface area (Å²) >= 11 is 0. The van der Waals surface area contributed by atoms with Crippen LogP contribution < -0.4 is 4.74 Å². The molecule has 0 amide bonds. The van der Waals surface area contributed by atoms with E-state index < -0.39 is 0 Å². The van der Waals surface area contributed by atoms with E-state index in [-0.39, 0.29) is 0 Å². The van der Waals surface area contributed by atoms with E-state index in [9.17, 15) is 0 Å². The SMILES string of the molecule is CN=C(N=C(C)c1ccc(-c2ccccc2C)c(C)c1)c1ccccc1OC. The van der Waals surface area contributed by atoms with E-state index in [1.54, 1.807) is 14.2 Å². The Kier molecular flexibility index (Phi) is 6.05. The first kappa shape index (κ1) is 19.6. The number of para-hydroxylation sites is 1. The molecule has 0 radical (unpaired) electrons. The van der Waals surface area contributed by atoms with Crippen LogP contribution in [0.4, 0.5) is 0 Å². The molecular formula is C25H26N2O. The van der Waals surface area contributed by atoms with Gasteiger partial charge in [-0.3, -0.25) is 4.99 Å². The average Bonchev–Trinajstić information content (AvgIpc) is 2.72. The summed E-state index contributed by atoms with van der Waals surface area (Å²) in [5, 5.41) is 0. The molecule has 0 bridgehead atoms. The highest BCUT2D eigenvalue weighted by Gasteiger charge is 2.11. The van der Waals surface area contributed by atoms with E-state index in [2.05, 4.69) is 61.3 Å². The van der Waals surface area contributed by atoms with Crippen molar-refractivity contribution in [3.63, 3.8) is 0 Å². The summed E-state index contributed by atoms with van der Waals surface area (Å²) in [6.45, 7) is 6.31. The fourth-order valence-corrected chi connectivity index (χ4v) is 3.35. The second-order valence-corrected chi connectivity index (χ2v) is 6.79. The predicted molar refractivity (Wildman–Crippen MR) is 119 cm³/mol. The number of benzene rings is 3. The highest BCUT2D eigenvalue weighted by molar-refractivity contribution is 6.12. The van der Waals surface area contributed by atoms with Gasteiger partial charge in [0.1, 0.15) is 5.75 Å². The molecule has 0 N–H and O–H groups in total. The van der Waals surface area contributed by atoms with E-state index >= 15 is 0 Å². The van der Waals surface area contributed by atoms with Crippen molar-refractivity contribution in [3.8, 4) is 16.9 Å². The summed E-state index contributed by atoms with van der Waals surface area (Å²) in [6.07, 6.45) is 0. The zero-order valence-corrected chi connectivity index (χ0v) is 17.2. The molecule has 0 saturated carbocycles. The highest BCUT2D eigenvalue weighted by atomic mass is 16.5. The lowest BCUT2D eigenvalue weighted by Crippen LogP contribution is -2.06. The van der Waals surface area contributed by atoms with Crippen molar-refractivity contribution in [2.45, 2.75) is 20.8 Å². The molecule has 0 aliphatic heterocycles. The third-order valence-electron chi connectivity index (χ3n) is 4.91. The zero-order valence-electron chi connectivity index (χ0n) is 17.2. The van der Waals surface area contributed by atoms with Crippen LogP contribution in [0.2, 0.25) is 0 Å². The highest BCUT2D eigenvalue weighted by Crippen LogP contribution is 2.27. The van der Waals surface area contributed by atoms with Crippen molar-refractivity contribution in [2.24, 2.45) is 9.98 Å². The molecule has 0 spiro atoms. The molecule has 0 aromatic heterocycles. The van der Waals surface area contributed by atoms with Gasteiger partial charge >= 0.3 is 0 Å². The Morgan fingerprint density at radius 1 is 0.821 bits per heavy atom. The Labute approximate surface area is 167 Å². The minimum atomic E-state index is 0.663. The lowest BCUT2D eigenvalue weighted by molar-refractivity contribution is 0.414. The van der Waals surface area contributed by atoms with Gasteiger partial charge in [0.25, 0.3) is 0 Å². The Balaban J connectivity index is 1.97. The molecule has 0 saturated heterocycles. The summed E-state index contributed by atoms with van der Waals surface area (Å²) in [4.78, 5) is 9.17. The van der Waals surface area contributed by atoms with E-state index in [0.717, 1.165) is 22.6 Å². The molecule has 3 aromatic rings. The van der Waals surface area contributed by atoms with Crippen LogP contribution in [0.1, 0.15) is 29.2 Å². The fourth-order valence-electron chi connectivity index (χ4n) is 3.35. The molecule has 0 atom stereocenters. The maximum atomic E-state index is 5.46. The first-order chi connectivity index (χ1) is 13.5. The van der Waals surface area contributed by atoms with Crippen molar-refractivity contribution >= 4 is 11.5 Å². The van der Waals surface area contributed by atoms with Crippen LogP contribution in [0.25, 0.3) is 11.1 Å². The second kappa shape index (κ2) is 8.66. The predicted octanol–water partition coefficient (Wildman–Crippen LogP) is 5.86. The van der Waals surface area contributed by atoms with E-state index in [4.69, 9.17) is 9.73 Å². The number of rotatable bonds is 4. The number of aliphatic imine (C=N–C) groups is 2. The first-order valence-corrected chi connectivity index (χ1v) is 9.37. The van der Waals surface area contributed by atoms with Gasteiger partial charge in [-0.05, 0) is 66.8 Å². The van der Waals surface area contributed by atoms with Crippen molar-refractivity contribution in [3.05, 3.63) is 89.0 Å². The molecule has 28 heavy (non-hydrogen) atoms. The third-order valence-corrected chi connectivity index (χ3v) is 4.91. The molecule has 0 fully saturated rings. The molecule has 142 valence electrons. The number of aryl methyl sites for hydroxylation is 2. The minimum absolute atomic E-state index is 0.663. The summed E-state index contributed by atoms with van der Waals surface area (Å²) in [5.41, 5.74) is 7.93. The Bertz CT molecular complexity index is 1050. The molecule has 3 aromatic carbocycles. The normalized spacial score (nSPS) is 12.2. The van der Waals surface area contributed by atoms with Crippen LogP contribution in [-0.4, -0.2) is 25.7 Å². The summed E-state index contributed by atoms with van der Waals surface area (Å²) in [7, 11) is 3.42. The summed E-state index contributed by atoms with van der Waals surface area (Å²) in [6, 6.07) is 22.8.